The zero-order chi connectivity index (χ0) is 17.3. The Morgan fingerprint density at radius 2 is 1.10 bits per heavy atom. The average Bonchev–Trinajstić information content (AvgIpc) is 2.27. The first kappa shape index (κ1) is 24.8. The number of hydrogen-bond acceptors (Lipinski definition) is 6. The minimum Gasteiger partial charge on any atom is -0.481 e. The van der Waals surface area contributed by atoms with E-state index in [9.17, 15) is 8.42 Å². The quantitative estimate of drug-likeness (QED) is 0.647. The summed E-state index contributed by atoms with van der Waals surface area (Å²) in [6.07, 6.45) is 3.28. The number of unbranched alkanes of at least 4 members (excludes halogenated alkanes) is 2. The number of carboxylic acid groups (broad SMARTS) is 2. The standard InChI is InChI=1S/C8H18O4S.2C2H4O2/c1-3-5-7-11-13(9,10)12-8-6-4-2;2*1-2(3)4/h3-8H2,1-2H3;2*1H3,(H,3,4). The minimum absolute atomic E-state index is 0.213. The third kappa shape index (κ3) is 45.5. The fraction of sp³-hybridized carbons (Fsp3) is 0.833. The van der Waals surface area contributed by atoms with E-state index < -0.39 is 22.3 Å². The molecule has 0 rings (SSSR count). The minimum atomic E-state index is -3.73. The first-order chi connectivity index (χ1) is 9.59. The van der Waals surface area contributed by atoms with Gasteiger partial charge >= 0.3 is 10.4 Å². The lowest BCUT2D eigenvalue weighted by Crippen LogP contribution is -2.11. The summed E-state index contributed by atoms with van der Waals surface area (Å²) in [6, 6.07) is 0. The molecule has 0 heterocycles. The summed E-state index contributed by atoms with van der Waals surface area (Å²) in [6.45, 7) is 6.53. The Labute approximate surface area is 126 Å². The molecule has 0 aliphatic carbocycles. The van der Waals surface area contributed by atoms with Gasteiger partial charge in [-0.05, 0) is 12.8 Å². The Bertz CT molecular complexity index is 314. The Morgan fingerprint density at radius 1 is 0.857 bits per heavy atom. The van der Waals surface area contributed by atoms with Gasteiger partial charge in [-0.15, -0.1) is 0 Å². The van der Waals surface area contributed by atoms with Crippen LogP contribution >= 0.6 is 0 Å². The zero-order valence-corrected chi connectivity index (χ0v) is 13.8. The van der Waals surface area contributed by atoms with E-state index in [4.69, 9.17) is 19.8 Å². The highest BCUT2D eigenvalue weighted by atomic mass is 32.3. The Morgan fingerprint density at radius 3 is 1.29 bits per heavy atom. The van der Waals surface area contributed by atoms with Crippen molar-refractivity contribution < 1.29 is 36.6 Å². The van der Waals surface area contributed by atoms with Crippen molar-refractivity contribution in [2.45, 2.75) is 53.4 Å². The topological polar surface area (TPSA) is 127 Å². The number of aliphatic carboxylic acids is 2. The highest BCUT2D eigenvalue weighted by Gasteiger charge is 2.10. The largest absolute Gasteiger partial charge is 0.481 e. The number of carbonyl (C=O) groups is 2. The van der Waals surface area contributed by atoms with E-state index in [2.05, 4.69) is 8.37 Å². The average molecular weight is 330 g/mol. The molecule has 0 bridgehead atoms. The van der Waals surface area contributed by atoms with Gasteiger partial charge in [0.1, 0.15) is 0 Å². The Balaban J connectivity index is -0.000000334. The van der Waals surface area contributed by atoms with Gasteiger partial charge in [0.25, 0.3) is 11.9 Å². The van der Waals surface area contributed by atoms with Gasteiger partial charge in [-0.3, -0.25) is 9.59 Å². The maximum absolute atomic E-state index is 10.9. The monoisotopic (exact) mass is 330 g/mol. The Hall–Kier alpha value is -1.19. The van der Waals surface area contributed by atoms with Crippen LogP contribution in [0.15, 0.2) is 0 Å². The highest BCUT2D eigenvalue weighted by molar-refractivity contribution is 7.81. The van der Waals surface area contributed by atoms with Crippen molar-refractivity contribution in [3.63, 3.8) is 0 Å². The third-order valence-corrected chi connectivity index (χ3v) is 2.36. The van der Waals surface area contributed by atoms with Gasteiger partial charge in [-0.2, -0.15) is 8.42 Å². The number of hydrogen-bond donors (Lipinski definition) is 2. The second-order valence-electron chi connectivity index (χ2n) is 3.80. The van der Waals surface area contributed by atoms with Gasteiger partial charge in [-0.25, -0.2) is 8.37 Å². The van der Waals surface area contributed by atoms with Gasteiger partial charge < -0.3 is 10.2 Å². The van der Waals surface area contributed by atoms with Crippen LogP contribution in [0.3, 0.4) is 0 Å². The molecular formula is C12H26O8S. The normalized spacial score (nSPS) is 9.71. The molecule has 0 atom stereocenters. The lowest BCUT2D eigenvalue weighted by molar-refractivity contribution is -0.135. The molecule has 0 aliphatic heterocycles. The van der Waals surface area contributed by atoms with Gasteiger partial charge in [0.2, 0.25) is 0 Å². The molecule has 128 valence electrons. The van der Waals surface area contributed by atoms with Crippen molar-refractivity contribution in [1.29, 1.82) is 0 Å². The molecule has 0 aromatic rings. The van der Waals surface area contributed by atoms with E-state index in [1.807, 2.05) is 13.8 Å². The van der Waals surface area contributed by atoms with Crippen LogP contribution in [0.1, 0.15) is 53.4 Å². The smallest absolute Gasteiger partial charge is 0.399 e. The molecule has 0 saturated heterocycles. The summed E-state index contributed by atoms with van der Waals surface area (Å²) >= 11 is 0. The first-order valence-electron chi connectivity index (χ1n) is 6.51. The summed E-state index contributed by atoms with van der Waals surface area (Å²) < 4.78 is 31.0. The molecule has 0 aliphatic rings. The molecule has 2 N–H and O–H groups in total. The summed E-state index contributed by atoms with van der Waals surface area (Å²) in [5, 5.41) is 14.8. The summed E-state index contributed by atoms with van der Waals surface area (Å²) in [4.78, 5) is 18.0. The van der Waals surface area contributed by atoms with Gasteiger partial charge in [0, 0.05) is 13.8 Å². The van der Waals surface area contributed by atoms with Crippen molar-refractivity contribution >= 4 is 22.3 Å². The van der Waals surface area contributed by atoms with E-state index >= 15 is 0 Å². The maximum atomic E-state index is 10.9. The number of rotatable bonds is 8. The van der Waals surface area contributed by atoms with Crippen LogP contribution in [0.4, 0.5) is 0 Å². The molecule has 0 spiro atoms. The summed E-state index contributed by atoms with van der Waals surface area (Å²) in [7, 11) is -3.73. The molecule has 0 fully saturated rings. The van der Waals surface area contributed by atoms with Gasteiger partial charge in [-0.1, -0.05) is 26.7 Å². The Kier molecular flexibility index (Phi) is 19.9. The van der Waals surface area contributed by atoms with E-state index in [0.29, 0.717) is 0 Å². The second-order valence-corrected chi connectivity index (χ2v) is 5.09. The van der Waals surface area contributed by atoms with Crippen LogP contribution in [0.2, 0.25) is 0 Å². The molecule has 8 nitrogen and oxygen atoms in total. The predicted octanol–water partition coefficient (Wildman–Crippen LogP) is 2.05. The van der Waals surface area contributed by atoms with Crippen molar-refractivity contribution in [2.24, 2.45) is 0 Å². The van der Waals surface area contributed by atoms with Crippen LogP contribution in [0, 0.1) is 0 Å². The first-order valence-corrected chi connectivity index (χ1v) is 7.85. The van der Waals surface area contributed by atoms with Crippen molar-refractivity contribution in [3.8, 4) is 0 Å². The molecule has 21 heavy (non-hydrogen) atoms. The zero-order valence-electron chi connectivity index (χ0n) is 13.0. The SMILES string of the molecule is CC(=O)O.CC(=O)O.CCCCOS(=O)(=O)OCCCC. The molecule has 0 radical (unpaired) electrons. The van der Waals surface area contributed by atoms with Gasteiger partial charge in [0.05, 0.1) is 13.2 Å². The molecular weight excluding hydrogens is 304 g/mol. The maximum Gasteiger partial charge on any atom is 0.399 e. The second kappa shape index (κ2) is 16.9. The predicted molar refractivity (Wildman–Crippen MR) is 77.3 cm³/mol. The fourth-order valence-electron chi connectivity index (χ4n) is 0.645. The van der Waals surface area contributed by atoms with Crippen LogP contribution in [-0.2, 0) is 28.4 Å². The fourth-order valence-corrected chi connectivity index (χ4v) is 1.36. The third-order valence-electron chi connectivity index (χ3n) is 1.45. The lowest BCUT2D eigenvalue weighted by atomic mass is 10.4. The molecule has 0 unspecified atom stereocenters. The molecule has 0 aromatic carbocycles. The van der Waals surface area contributed by atoms with Crippen LogP contribution < -0.4 is 0 Å². The van der Waals surface area contributed by atoms with Crippen molar-refractivity contribution in [2.75, 3.05) is 13.2 Å². The highest BCUT2D eigenvalue weighted by Crippen LogP contribution is 2.00. The van der Waals surface area contributed by atoms with E-state index in [-0.39, 0.29) is 13.2 Å². The molecule has 9 heteroatoms. The lowest BCUT2D eigenvalue weighted by Gasteiger charge is -2.04. The van der Waals surface area contributed by atoms with E-state index in [1.54, 1.807) is 0 Å². The van der Waals surface area contributed by atoms with Crippen molar-refractivity contribution in [1.82, 2.24) is 0 Å². The summed E-state index contributed by atoms with van der Waals surface area (Å²) in [5.41, 5.74) is 0. The van der Waals surface area contributed by atoms with Gasteiger partial charge in [0.15, 0.2) is 0 Å². The van der Waals surface area contributed by atoms with E-state index in [0.717, 1.165) is 39.5 Å². The van der Waals surface area contributed by atoms with Crippen LogP contribution in [-0.4, -0.2) is 43.8 Å². The van der Waals surface area contributed by atoms with Crippen LogP contribution in [0.25, 0.3) is 0 Å². The molecule has 0 saturated carbocycles. The number of carboxylic acids is 2. The summed E-state index contributed by atoms with van der Waals surface area (Å²) in [5.74, 6) is -1.67. The van der Waals surface area contributed by atoms with Crippen LogP contribution in [0.5, 0.6) is 0 Å². The molecule has 0 amide bonds. The van der Waals surface area contributed by atoms with Crippen molar-refractivity contribution in [3.05, 3.63) is 0 Å². The van der Waals surface area contributed by atoms with E-state index in [1.165, 1.54) is 0 Å². The molecule has 0 aromatic heterocycles.